The van der Waals surface area contributed by atoms with Gasteiger partial charge in [0, 0.05) is 15.6 Å². The lowest BCUT2D eigenvalue weighted by Gasteiger charge is -2.02. The lowest BCUT2D eigenvalue weighted by Crippen LogP contribution is -2.17. The summed E-state index contributed by atoms with van der Waals surface area (Å²) in [6, 6.07) is 11.4. The fraction of sp³-hybridized carbons (Fsp3) is 0.0667. The molecule has 0 atom stereocenters. The van der Waals surface area contributed by atoms with Crippen LogP contribution in [0.25, 0.3) is 0 Å². The Morgan fingerprint density at radius 2 is 2.05 bits per heavy atom. The second-order valence-electron chi connectivity index (χ2n) is 4.18. The molecule has 0 unspecified atom stereocenters. The highest BCUT2D eigenvalue weighted by Gasteiger charge is 2.06. The van der Waals surface area contributed by atoms with Crippen molar-refractivity contribution in [2.75, 3.05) is 0 Å². The number of hydrogen-bond donors (Lipinski definition) is 1. The van der Waals surface area contributed by atoms with Crippen LogP contribution in [-0.2, 0) is 0 Å². The van der Waals surface area contributed by atoms with E-state index in [1.165, 1.54) is 12.3 Å². The van der Waals surface area contributed by atoms with Crippen LogP contribution in [0.4, 0.5) is 4.39 Å². The van der Waals surface area contributed by atoms with Crippen molar-refractivity contribution in [2.45, 2.75) is 6.92 Å². The molecule has 0 bridgehead atoms. The zero-order valence-electron chi connectivity index (χ0n) is 10.7. The molecule has 0 aromatic heterocycles. The molecule has 102 valence electrons. The van der Waals surface area contributed by atoms with Gasteiger partial charge in [-0.15, -0.1) is 0 Å². The Labute approximate surface area is 124 Å². The number of rotatable bonds is 3. The molecule has 2 aromatic carbocycles. The number of carbonyl (C=O) groups excluding carboxylic acids is 1. The van der Waals surface area contributed by atoms with Crippen LogP contribution in [0.2, 0.25) is 0 Å². The van der Waals surface area contributed by atoms with Gasteiger partial charge in [-0.25, -0.2) is 9.82 Å². The largest absolute Gasteiger partial charge is 0.271 e. The molecule has 5 heteroatoms. The van der Waals surface area contributed by atoms with E-state index in [0.717, 1.165) is 10.0 Å². The molecular formula is C15H12BrFN2O. The van der Waals surface area contributed by atoms with Crippen LogP contribution >= 0.6 is 15.9 Å². The minimum absolute atomic E-state index is 0.317. The molecule has 0 spiro atoms. The van der Waals surface area contributed by atoms with E-state index < -0.39 is 0 Å². The van der Waals surface area contributed by atoms with Crippen molar-refractivity contribution >= 4 is 28.1 Å². The van der Waals surface area contributed by atoms with Crippen LogP contribution in [0.5, 0.6) is 0 Å². The minimum Gasteiger partial charge on any atom is -0.267 e. The Bertz CT molecular complexity index is 671. The molecule has 0 aliphatic heterocycles. The van der Waals surface area contributed by atoms with Gasteiger partial charge in [0.2, 0.25) is 0 Å². The molecule has 0 radical (unpaired) electrons. The number of carbonyl (C=O) groups is 1. The number of amides is 1. The average molecular weight is 335 g/mol. The molecule has 0 saturated heterocycles. The Morgan fingerprint density at radius 3 is 2.75 bits per heavy atom. The monoisotopic (exact) mass is 334 g/mol. The van der Waals surface area contributed by atoms with Crippen molar-refractivity contribution in [1.82, 2.24) is 5.43 Å². The smallest absolute Gasteiger partial charge is 0.267 e. The lowest BCUT2D eigenvalue weighted by atomic mass is 10.1. The van der Waals surface area contributed by atoms with E-state index in [1.807, 2.05) is 13.0 Å². The zero-order chi connectivity index (χ0) is 14.5. The summed E-state index contributed by atoms with van der Waals surface area (Å²) >= 11 is 3.36. The van der Waals surface area contributed by atoms with Crippen LogP contribution in [0.15, 0.2) is 52.0 Å². The number of nitrogens with one attached hydrogen (secondary N) is 1. The standard InChI is InChI=1S/C15H12BrFN2O/c1-10-6-7-11(8-13(10)16)15(20)19-18-9-12-4-2-3-5-14(12)17/h2-9H,1H3,(H,19,20). The fourth-order valence-electron chi connectivity index (χ4n) is 1.54. The molecule has 0 saturated carbocycles. The molecule has 1 N–H and O–H groups in total. The summed E-state index contributed by atoms with van der Waals surface area (Å²) in [6.07, 6.45) is 1.27. The third kappa shape index (κ3) is 3.51. The van der Waals surface area contributed by atoms with E-state index in [-0.39, 0.29) is 11.7 Å². The first-order valence-electron chi connectivity index (χ1n) is 5.92. The first kappa shape index (κ1) is 14.4. The highest BCUT2D eigenvalue weighted by molar-refractivity contribution is 9.10. The van der Waals surface area contributed by atoms with Crippen molar-refractivity contribution in [3.05, 3.63) is 69.4 Å². The van der Waals surface area contributed by atoms with E-state index in [2.05, 4.69) is 26.5 Å². The fourth-order valence-corrected chi connectivity index (χ4v) is 1.92. The van der Waals surface area contributed by atoms with E-state index in [1.54, 1.807) is 30.3 Å². The van der Waals surface area contributed by atoms with E-state index >= 15 is 0 Å². The van der Waals surface area contributed by atoms with Crippen LogP contribution in [0.1, 0.15) is 21.5 Å². The molecular weight excluding hydrogens is 323 g/mol. The summed E-state index contributed by atoms with van der Waals surface area (Å²) in [4.78, 5) is 11.8. The zero-order valence-corrected chi connectivity index (χ0v) is 12.3. The van der Waals surface area contributed by atoms with Crippen molar-refractivity contribution < 1.29 is 9.18 Å². The van der Waals surface area contributed by atoms with Gasteiger partial charge in [-0.2, -0.15) is 5.10 Å². The van der Waals surface area contributed by atoms with Gasteiger partial charge in [0.15, 0.2) is 0 Å². The second-order valence-corrected chi connectivity index (χ2v) is 5.04. The molecule has 0 aliphatic rings. The van der Waals surface area contributed by atoms with Gasteiger partial charge in [-0.1, -0.05) is 40.2 Å². The van der Waals surface area contributed by atoms with Crippen LogP contribution in [0.3, 0.4) is 0 Å². The van der Waals surface area contributed by atoms with E-state index in [4.69, 9.17) is 0 Å². The SMILES string of the molecule is Cc1ccc(C(=O)NN=Cc2ccccc2F)cc1Br. The summed E-state index contributed by atoms with van der Waals surface area (Å²) in [5, 5.41) is 3.75. The van der Waals surface area contributed by atoms with Gasteiger partial charge in [-0.3, -0.25) is 4.79 Å². The van der Waals surface area contributed by atoms with E-state index in [9.17, 15) is 9.18 Å². The van der Waals surface area contributed by atoms with Crippen molar-refractivity contribution in [3.63, 3.8) is 0 Å². The highest BCUT2D eigenvalue weighted by Crippen LogP contribution is 2.17. The number of halogens is 2. The van der Waals surface area contributed by atoms with Gasteiger partial charge >= 0.3 is 0 Å². The maximum Gasteiger partial charge on any atom is 0.271 e. The Hall–Kier alpha value is -2.01. The molecule has 0 fully saturated rings. The number of hydrazone groups is 1. The second kappa shape index (κ2) is 6.43. The maximum atomic E-state index is 13.3. The van der Waals surface area contributed by atoms with E-state index in [0.29, 0.717) is 11.1 Å². The number of hydrogen-bond acceptors (Lipinski definition) is 2. The van der Waals surface area contributed by atoms with Crippen molar-refractivity contribution in [3.8, 4) is 0 Å². The molecule has 20 heavy (non-hydrogen) atoms. The number of benzene rings is 2. The Kier molecular flexibility index (Phi) is 4.63. The third-order valence-corrected chi connectivity index (χ3v) is 3.56. The molecule has 1 amide bonds. The van der Waals surface area contributed by atoms with Crippen LogP contribution < -0.4 is 5.43 Å². The topological polar surface area (TPSA) is 41.5 Å². The first-order valence-corrected chi connectivity index (χ1v) is 6.71. The van der Waals surface area contributed by atoms with Crippen LogP contribution in [-0.4, -0.2) is 12.1 Å². The Balaban J connectivity index is 2.05. The Morgan fingerprint density at radius 1 is 1.30 bits per heavy atom. The normalized spacial score (nSPS) is 10.8. The van der Waals surface area contributed by atoms with Gasteiger partial charge in [-0.05, 0) is 30.7 Å². The summed E-state index contributed by atoms with van der Waals surface area (Å²) in [5.41, 5.74) is 4.20. The highest BCUT2D eigenvalue weighted by atomic mass is 79.9. The van der Waals surface area contributed by atoms with Gasteiger partial charge in [0.1, 0.15) is 5.82 Å². The number of nitrogens with zero attached hydrogens (tertiary/aromatic N) is 1. The quantitative estimate of drug-likeness (QED) is 0.675. The van der Waals surface area contributed by atoms with Gasteiger partial charge in [0.25, 0.3) is 5.91 Å². The van der Waals surface area contributed by atoms with Crippen molar-refractivity contribution in [2.24, 2.45) is 5.10 Å². The predicted molar refractivity (Wildman–Crippen MR) is 80.3 cm³/mol. The lowest BCUT2D eigenvalue weighted by molar-refractivity contribution is 0.0955. The summed E-state index contributed by atoms with van der Waals surface area (Å²) in [7, 11) is 0. The third-order valence-electron chi connectivity index (χ3n) is 2.71. The summed E-state index contributed by atoms with van der Waals surface area (Å²) in [5.74, 6) is -0.734. The molecule has 2 aromatic rings. The molecule has 0 heterocycles. The van der Waals surface area contributed by atoms with Gasteiger partial charge in [0.05, 0.1) is 6.21 Å². The van der Waals surface area contributed by atoms with Crippen LogP contribution in [0, 0.1) is 12.7 Å². The molecule has 0 aliphatic carbocycles. The summed E-state index contributed by atoms with van der Waals surface area (Å²) < 4.78 is 14.2. The number of aryl methyl sites for hydroxylation is 1. The predicted octanol–water partition coefficient (Wildman–Crippen LogP) is 3.66. The maximum absolute atomic E-state index is 13.3. The molecule has 2 rings (SSSR count). The minimum atomic E-state index is -0.386. The van der Waals surface area contributed by atoms with Gasteiger partial charge < -0.3 is 0 Å². The first-order chi connectivity index (χ1) is 9.58. The molecule has 3 nitrogen and oxygen atoms in total. The average Bonchev–Trinajstić information content (AvgIpc) is 2.44. The summed E-state index contributed by atoms with van der Waals surface area (Å²) in [6.45, 7) is 1.93. The van der Waals surface area contributed by atoms with Crippen molar-refractivity contribution in [1.29, 1.82) is 0 Å².